The molecule has 0 amide bonds. The molecule has 4 heteroatoms. The number of nitrogens with two attached hydrogens (primary N) is 1. The van der Waals surface area contributed by atoms with Crippen LogP contribution >= 0.6 is 23.2 Å². The van der Waals surface area contributed by atoms with Crippen LogP contribution in [0.2, 0.25) is 10.0 Å². The summed E-state index contributed by atoms with van der Waals surface area (Å²) < 4.78 is 0. The van der Waals surface area contributed by atoms with Crippen molar-refractivity contribution >= 4 is 40.3 Å². The molecule has 0 aliphatic heterocycles. The van der Waals surface area contributed by atoms with Gasteiger partial charge in [0.2, 0.25) is 0 Å². The largest absolute Gasteiger partial charge is 0.399 e. The molecule has 0 heterocycles. The topological polar surface area (TPSA) is 29.3 Å². The number of aryl methyl sites for hydroxylation is 1. The highest BCUT2D eigenvalue weighted by Gasteiger charge is 2.13. The van der Waals surface area contributed by atoms with Crippen LogP contribution in [0.3, 0.4) is 0 Å². The van der Waals surface area contributed by atoms with E-state index in [9.17, 15) is 0 Å². The molecule has 0 aliphatic carbocycles. The number of halogens is 2. The highest BCUT2D eigenvalue weighted by atomic mass is 35.5. The average molecular weight is 281 g/mol. The van der Waals surface area contributed by atoms with Crippen LogP contribution in [0.5, 0.6) is 0 Å². The van der Waals surface area contributed by atoms with Crippen LogP contribution in [0.25, 0.3) is 0 Å². The van der Waals surface area contributed by atoms with E-state index >= 15 is 0 Å². The van der Waals surface area contributed by atoms with E-state index in [2.05, 4.69) is 0 Å². The maximum absolute atomic E-state index is 6.20. The summed E-state index contributed by atoms with van der Waals surface area (Å²) >= 11 is 12.4. The van der Waals surface area contributed by atoms with Crippen molar-refractivity contribution in [1.82, 2.24) is 0 Å². The van der Waals surface area contributed by atoms with Gasteiger partial charge in [0.05, 0.1) is 15.7 Å². The van der Waals surface area contributed by atoms with Crippen molar-refractivity contribution in [1.29, 1.82) is 0 Å². The second-order valence-corrected chi connectivity index (χ2v) is 5.04. The Kier molecular flexibility index (Phi) is 3.69. The highest BCUT2D eigenvalue weighted by Crippen LogP contribution is 2.38. The molecule has 0 aromatic heterocycles. The second-order valence-electron chi connectivity index (χ2n) is 4.23. The summed E-state index contributed by atoms with van der Waals surface area (Å²) in [4.78, 5) is 1.95. The molecule has 0 aliphatic rings. The van der Waals surface area contributed by atoms with E-state index in [1.165, 1.54) is 5.56 Å². The summed E-state index contributed by atoms with van der Waals surface area (Å²) in [7, 11) is 1.92. The lowest BCUT2D eigenvalue weighted by atomic mass is 10.2. The third-order valence-electron chi connectivity index (χ3n) is 2.80. The monoisotopic (exact) mass is 280 g/mol. The minimum absolute atomic E-state index is 0.545. The summed E-state index contributed by atoms with van der Waals surface area (Å²) in [5.41, 5.74) is 9.25. The van der Waals surface area contributed by atoms with Crippen molar-refractivity contribution in [2.24, 2.45) is 0 Å². The summed E-state index contributed by atoms with van der Waals surface area (Å²) in [5.74, 6) is 0. The molecule has 0 saturated heterocycles. The van der Waals surface area contributed by atoms with Gasteiger partial charge in [0.1, 0.15) is 0 Å². The fourth-order valence-electron chi connectivity index (χ4n) is 1.80. The average Bonchev–Trinajstić information content (AvgIpc) is 2.28. The van der Waals surface area contributed by atoms with E-state index in [0.717, 1.165) is 11.4 Å². The first-order valence-electron chi connectivity index (χ1n) is 5.54. The van der Waals surface area contributed by atoms with Gasteiger partial charge in [-0.3, -0.25) is 0 Å². The predicted octanol–water partition coefficient (Wildman–Crippen LogP) is 4.65. The zero-order valence-corrected chi connectivity index (χ0v) is 11.8. The molecule has 0 spiro atoms. The fourth-order valence-corrected chi connectivity index (χ4v) is 2.56. The molecule has 0 bridgehead atoms. The Morgan fingerprint density at radius 1 is 1.00 bits per heavy atom. The van der Waals surface area contributed by atoms with E-state index in [-0.39, 0.29) is 0 Å². The van der Waals surface area contributed by atoms with Crippen LogP contribution in [0.15, 0.2) is 36.4 Å². The van der Waals surface area contributed by atoms with Gasteiger partial charge in [-0.2, -0.15) is 0 Å². The molecule has 0 unspecified atom stereocenters. The minimum atomic E-state index is 0.545. The zero-order chi connectivity index (χ0) is 13.3. The van der Waals surface area contributed by atoms with Crippen LogP contribution in [0.4, 0.5) is 17.1 Å². The first-order valence-corrected chi connectivity index (χ1v) is 6.29. The number of nitrogens with zero attached hydrogens (tertiary/aromatic N) is 1. The first-order chi connectivity index (χ1) is 8.49. The molecular formula is C14H14Cl2N2. The number of hydrogen-bond donors (Lipinski definition) is 1. The van der Waals surface area contributed by atoms with Crippen LogP contribution in [-0.2, 0) is 0 Å². The summed E-state index contributed by atoms with van der Waals surface area (Å²) in [5, 5.41) is 1.09. The van der Waals surface area contributed by atoms with Gasteiger partial charge in [0.25, 0.3) is 0 Å². The summed E-state index contributed by atoms with van der Waals surface area (Å²) in [6.45, 7) is 2.05. The smallest absolute Gasteiger partial charge is 0.0788 e. The molecule has 94 valence electrons. The summed E-state index contributed by atoms with van der Waals surface area (Å²) in [6, 6.07) is 11.5. The van der Waals surface area contributed by atoms with Crippen LogP contribution in [0, 0.1) is 6.92 Å². The van der Waals surface area contributed by atoms with Gasteiger partial charge in [-0.1, -0.05) is 40.9 Å². The van der Waals surface area contributed by atoms with E-state index < -0.39 is 0 Å². The Hall–Kier alpha value is -1.38. The van der Waals surface area contributed by atoms with Crippen molar-refractivity contribution in [3.8, 4) is 0 Å². The molecule has 0 fully saturated rings. The van der Waals surface area contributed by atoms with Crippen LogP contribution < -0.4 is 10.6 Å². The number of nitrogen functional groups attached to an aromatic ring is 1. The molecule has 0 saturated carbocycles. The number of hydrogen-bond acceptors (Lipinski definition) is 2. The lowest BCUT2D eigenvalue weighted by Gasteiger charge is -2.22. The standard InChI is InChI=1S/C14H14Cl2N2/c1-9-3-5-11(6-4-9)18(2)14-12(15)7-10(17)8-13(14)16/h3-8H,17H2,1-2H3. The zero-order valence-electron chi connectivity index (χ0n) is 10.2. The number of anilines is 3. The van der Waals surface area contributed by atoms with E-state index in [1.807, 2.05) is 43.1 Å². The maximum atomic E-state index is 6.20. The molecule has 18 heavy (non-hydrogen) atoms. The van der Waals surface area contributed by atoms with E-state index in [4.69, 9.17) is 28.9 Å². The normalized spacial score (nSPS) is 10.4. The molecule has 2 rings (SSSR count). The Morgan fingerprint density at radius 3 is 2.00 bits per heavy atom. The number of benzene rings is 2. The molecule has 0 atom stereocenters. The lowest BCUT2D eigenvalue weighted by molar-refractivity contribution is 1.20. The van der Waals surface area contributed by atoms with Crippen molar-refractivity contribution < 1.29 is 0 Å². The Balaban J connectivity index is 2.46. The highest BCUT2D eigenvalue weighted by molar-refractivity contribution is 6.39. The van der Waals surface area contributed by atoms with E-state index in [0.29, 0.717) is 15.7 Å². The van der Waals surface area contributed by atoms with Gasteiger partial charge in [-0.15, -0.1) is 0 Å². The second kappa shape index (κ2) is 5.09. The summed E-state index contributed by atoms with van der Waals surface area (Å²) in [6.07, 6.45) is 0. The predicted molar refractivity (Wildman–Crippen MR) is 80.1 cm³/mol. The quantitative estimate of drug-likeness (QED) is 0.812. The Morgan fingerprint density at radius 2 is 1.50 bits per heavy atom. The minimum Gasteiger partial charge on any atom is -0.399 e. The molecular weight excluding hydrogens is 267 g/mol. The van der Waals surface area contributed by atoms with Crippen molar-refractivity contribution in [2.45, 2.75) is 6.92 Å². The molecule has 2 N–H and O–H groups in total. The molecule has 2 aromatic rings. The van der Waals surface area contributed by atoms with Gasteiger partial charge >= 0.3 is 0 Å². The molecule has 2 aromatic carbocycles. The van der Waals surface area contributed by atoms with E-state index in [1.54, 1.807) is 12.1 Å². The molecule has 2 nitrogen and oxygen atoms in total. The van der Waals surface area contributed by atoms with Crippen LogP contribution in [-0.4, -0.2) is 7.05 Å². The Labute approximate surface area is 117 Å². The third kappa shape index (κ3) is 2.55. The van der Waals surface area contributed by atoms with Crippen molar-refractivity contribution in [3.05, 3.63) is 52.0 Å². The van der Waals surface area contributed by atoms with Gasteiger partial charge in [-0.05, 0) is 31.2 Å². The van der Waals surface area contributed by atoms with Crippen LogP contribution in [0.1, 0.15) is 5.56 Å². The lowest BCUT2D eigenvalue weighted by Crippen LogP contribution is -2.10. The molecule has 0 radical (unpaired) electrons. The van der Waals surface area contributed by atoms with Gasteiger partial charge in [0.15, 0.2) is 0 Å². The van der Waals surface area contributed by atoms with Crippen molar-refractivity contribution in [3.63, 3.8) is 0 Å². The Bertz CT molecular complexity index is 542. The van der Waals surface area contributed by atoms with Gasteiger partial charge in [0, 0.05) is 18.4 Å². The SMILES string of the molecule is Cc1ccc(N(C)c2c(Cl)cc(N)cc2Cl)cc1. The first kappa shape index (κ1) is 13.1. The number of rotatable bonds is 2. The van der Waals surface area contributed by atoms with Gasteiger partial charge in [-0.25, -0.2) is 0 Å². The fraction of sp³-hybridized carbons (Fsp3) is 0.143. The maximum Gasteiger partial charge on any atom is 0.0788 e. The van der Waals surface area contributed by atoms with Gasteiger partial charge < -0.3 is 10.6 Å². The van der Waals surface area contributed by atoms with Crippen molar-refractivity contribution in [2.75, 3.05) is 17.7 Å². The third-order valence-corrected chi connectivity index (χ3v) is 3.37.